The first-order valence-electron chi connectivity index (χ1n) is 19.8. The van der Waals surface area contributed by atoms with E-state index in [0.29, 0.717) is 42.2 Å². The molecule has 12 nitrogen and oxygen atoms in total. The Kier molecular flexibility index (Phi) is 11.1. The Hall–Kier alpha value is -6.66. The number of fused-ring (bicyclic) bond motifs is 2. The molecule has 2 aliphatic heterocycles. The summed E-state index contributed by atoms with van der Waals surface area (Å²) in [4.78, 5) is 40.1. The number of rotatable bonds is 8. The topological polar surface area (TPSA) is 167 Å². The number of nitrogens with two attached hydrogens (primary N) is 1. The van der Waals surface area contributed by atoms with E-state index >= 15 is 0 Å². The Balaban J connectivity index is 0.000000172. The number of nitrogens with zero attached hydrogens (tertiary/aromatic N) is 7. The molecule has 5 N–H and O–H groups in total. The van der Waals surface area contributed by atoms with Crippen molar-refractivity contribution in [2.24, 2.45) is 5.73 Å². The zero-order valence-electron chi connectivity index (χ0n) is 32.7. The maximum absolute atomic E-state index is 12.5. The van der Waals surface area contributed by atoms with Crippen LogP contribution in [0.1, 0.15) is 36.0 Å². The maximum Gasteiger partial charge on any atom is 0.220 e. The van der Waals surface area contributed by atoms with Crippen LogP contribution in [0.15, 0.2) is 109 Å². The van der Waals surface area contributed by atoms with Gasteiger partial charge in [-0.25, -0.2) is 19.9 Å². The molecular formula is C46H47N9O3. The van der Waals surface area contributed by atoms with Crippen LogP contribution in [0.4, 0.5) is 11.6 Å². The minimum absolute atomic E-state index is 0.0498. The number of phenolic OH excluding ortho intramolecular Hbond substituents is 2. The molecule has 12 heteroatoms. The number of carbonyl (C=O) groups excluding carboxylic acids is 1. The van der Waals surface area contributed by atoms with Gasteiger partial charge in [0.1, 0.15) is 23.1 Å². The van der Waals surface area contributed by atoms with Crippen LogP contribution in [0.5, 0.6) is 11.5 Å². The van der Waals surface area contributed by atoms with Crippen LogP contribution in [-0.2, 0) is 11.2 Å². The standard InChI is InChI=1S/C27H27N5O2.C19H20N4O/c1-18-8-10-21-23(15-18)30-26(22-6-2-3-7-24(22)33)31-27(21)32-14-12-20(17-32)29-25(34)11-9-19-5-4-13-28-16-19;1-12-6-7-14-16(10-12)21-18(15-4-2-3-5-17(15)24)22-19(14)23-9-8-13(20)11-23/h2-8,10,13,15-16,20,33H,9,11-12,14,17H2,1H3,(H,29,34);2-7,10,13,24H,8-9,11,20H2,1H3/t20-;13-/m11/s1. The van der Waals surface area contributed by atoms with Gasteiger partial charge in [0.15, 0.2) is 11.6 Å². The quantitative estimate of drug-likeness (QED) is 0.127. The minimum Gasteiger partial charge on any atom is -0.507 e. The summed E-state index contributed by atoms with van der Waals surface area (Å²) in [5.74, 6) is 3.15. The highest BCUT2D eigenvalue weighted by Gasteiger charge is 2.28. The third kappa shape index (κ3) is 8.52. The molecule has 2 atom stereocenters. The van der Waals surface area contributed by atoms with Crippen molar-refractivity contribution in [3.05, 3.63) is 126 Å². The largest absolute Gasteiger partial charge is 0.507 e. The molecule has 0 radical (unpaired) electrons. The van der Waals surface area contributed by atoms with E-state index < -0.39 is 0 Å². The zero-order chi connectivity index (χ0) is 40.2. The van der Waals surface area contributed by atoms with E-state index in [1.165, 1.54) is 0 Å². The van der Waals surface area contributed by atoms with E-state index in [1.807, 2.05) is 56.3 Å². The number of para-hydroxylation sites is 2. The fourth-order valence-electron chi connectivity index (χ4n) is 7.65. The number of hydrogen-bond donors (Lipinski definition) is 4. The second-order valence-electron chi connectivity index (χ2n) is 15.2. The SMILES string of the molecule is Cc1ccc2c(N3CC[C@@H](N)C3)nc(-c3ccccc3O)nc2c1.Cc1ccc2c(N3CC[C@@H](NC(=O)CCc4cccnc4)C3)nc(-c3ccccc3O)nc2c1. The predicted molar refractivity (Wildman–Crippen MR) is 229 cm³/mol. The van der Waals surface area contributed by atoms with Gasteiger partial charge in [0.2, 0.25) is 5.91 Å². The summed E-state index contributed by atoms with van der Waals surface area (Å²) in [5, 5.41) is 25.7. The monoisotopic (exact) mass is 773 g/mol. The second kappa shape index (κ2) is 16.8. The van der Waals surface area contributed by atoms with Crippen LogP contribution < -0.4 is 20.9 Å². The maximum atomic E-state index is 12.5. The summed E-state index contributed by atoms with van der Waals surface area (Å²) in [6, 6.07) is 30.7. The molecule has 1 amide bonds. The van der Waals surface area contributed by atoms with Gasteiger partial charge in [-0.05, 0) is 104 Å². The average Bonchev–Trinajstić information content (AvgIpc) is 3.89. The van der Waals surface area contributed by atoms with Crippen molar-refractivity contribution in [2.75, 3.05) is 36.0 Å². The average molecular weight is 774 g/mol. The number of aromatic nitrogens is 5. The summed E-state index contributed by atoms with van der Waals surface area (Å²) in [6.45, 7) is 7.23. The molecule has 7 aromatic rings. The van der Waals surface area contributed by atoms with Gasteiger partial charge in [-0.2, -0.15) is 0 Å². The number of carbonyl (C=O) groups is 1. The fraction of sp³-hybridized carbons (Fsp3) is 0.261. The van der Waals surface area contributed by atoms with Crippen molar-refractivity contribution in [1.29, 1.82) is 0 Å². The summed E-state index contributed by atoms with van der Waals surface area (Å²) in [7, 11) is 0. The number of benzene rings is 4. The fourth-order valence-corrected chi connectivity index (χ4v) is 7.65. The molecule has 2 aliphatic rings. The first kappa shape index (κ1) is 38.2. The molecule has 4 aromatic carbocycles. The number of pyridine rings is 1. The third-order valence-corrected chi connectivity index (χ3v) is 10.7. The molecule has 0 saturated carbocycles. The lowest BCUT2D eigenvalue weighted by Crippen LogP contribution is -2.37. The Morgan fingerprint density at radius 2 is 1.29 bits per heavy atom. The number of anilines is 2. The Labute approximate surface area is 337 Å². The lowest BCUT2D eigenvalue weighted by atomic mass is 10.1. The number of aryl methyl sites for hydroxylation is 3. The number of aromatic hydroxyl groups is 2. The number of nitrogens with one attached hydrogen (secondary N) is 1. The van der Waals surface area contributed by atoms with E-state index in [2.05, 4.69) is 55.4 Å². The summed E-state index contributed by atoms with van der Waals surface area (Å²) in [5.41, 5.74) is 12.4. The van der Waals surface area contributed by atoms with Crippen LogP contribution in [0.2, 0.25) is 0 Å². The Bertz CT molecular complexity index is 2590. The molecule has 5 heterocycles. The number of amides is 1. The highest BCUT2D eigenvalue weighted by molar-refractivity contribution is 5.93. The van der Waals surface area contributed by atoms with E-state index in [0.717, 1.165) is 82.6 Å². The first-order valence-corrected chi connectivity index (χ1v) is 19.8. The smallest absolute Gasteiger partial charge is 0.220 e. The minimum atomic E-state index is 0.0498. The first-order chi connectivity index (χ1) is 28.2. The van der Waals surface area contributed by atoms with E-state index in [-0.39, 0.29) is 29.5 Å². The molecule has 2 fully saturated rings. The molecule has 3 aromatic heterocycles. The van der Waals surface area contributed by atoms with E-state index in [9.17, 15) is 15.0 Å². The van der Waals surface area contributed by atoms with Crippen molar-refractivity contribution in [2.45, 2.75) is 51.6 Å². The van der Waals surface area contributed by atoms with Crippen molar-refractivity contribution < 1.29 is 15.0 Å². The van der Waals surface area contributed by atoms with Crippen molar-refractivity contribution >= 4 is 39.3 Å². The van der Waals surface area contributed by atoms with Gasteiger partial charge in [0, 0.05) is 67.8 Å². The molecule has 2 saturated heterocycles. The summed E-state index contributed by atoms with van der Waals surface area (Å²) < 4.78 is 0. The van der Waals surface area contributed by atoms with Gasteiger partial charge < -0.3 is 31.1 Å². The molecule has 294 valence electrons. The van der Waals surface area contributed by atoms with Crippen LogP contribution in [-0.4, -0.2) is 79.3 Å². The van der Waals surface area contributed by atoms with Gasteiger partial charge in [-0.3, -0.25) is 9.78 Å². The van der Waals surface area contributed by atoms with Crippen LogP contribution in [0.3, 0.4) is 0 Å². The molecule has 0 unspecified atom stereocenters. The third-order valence-electron chi connectivity index (χ3n) is 10.7. The Morgan fingerprint density at radius 3 is 1.83 bits per heavy atom. The van der Waals surface area contributed by atoms with Crippen LogP contribution >= 0.6 is 0 Å². The highest BCUT2D eigenvalue weighted by atomic mass is 16.3. The van der Waals surface area contributed by atoms with Gasteiger partial charge in [0.25, 0.3) is 0 Å². The van der Waals surface area contributed by atoms with Gasteiger partial charge >= 0.3 is 0 Å². The van der Waals surface area contributed by atoms with Gasteiger partial charge in [0.05, 0.1) is 22.2 Å². The number of phenols is 2. The second-order valence-corrected chi connectivity index (χ2v) is 15.2. The molecule has 58 heavy (non-hydrogen) atoms. The van der Waals surface area contributed by atoms with E-state index in [1.54, 1.807) is 36.7 Å². The van der Waals surface area contributed by atoms with Crippen molar-refractivity contribution in [1.82, 2.24) is 30.2 Å². The normalized spacial score (nSPS) is 16.4. The molecule has 9 rings (SSSR count). The molecule has 0 bridgehead atoms. The molecule has 0 spiro atoms. The van der Waals surface area contributed by atoms with Crippen LogP contribution in [0, 0.1) is 13.8 Å². The van der Waals surface area contributed by atoms with Crippen molar-refractivity contribution in [3.63, 3.8) is 0 Å². The van der Waals surface area contributed by atoms with Gasteiger partial charge in [-0.1, -0.05) is 42.5 Å². The number of hydrogen-bond acceptors (Lipinski definition) is 11. The predicted octanol–water partition coefficient (Wildman–Crippen LogP) is 6.88. The summed E-state index contributed by atoms with van der Waals surface area (Å²) >= 11 is 0. The molecule has 0 aliphatic carbocycles. The van der Waals surface area contributed by atoms with Crippen LogP contribution in [0.25, 0.3) is 44.6 Å². The van der Waals surface area contributed by atoms with E-state index in [4.69, 9.17) is 20.7 Å². The van der Waals surface area contributed by atoms with Gasteiger partial charge in [-0.15, -0.1) is 0 Å². The lowest BCUT2D eigenvalue weighted by molar-refractivity contribution is -0.121. The zero-order valence-corrected chi connectivity index (χ0v) is 32.7. The summed E-state index contributed by atoms with van der Waals surface area (Å²) in [6.07, 6.45) is 6.46. The Morgan fingerprint density at radius 1 is 0.724 bits per heavy atom. The van der Waals surface area contributed by atoms with Crippen molar-refractivity contribution in [3.8, 4) is 34.3 Å². The highest BCUT2D eigenvalue weighted by Crippen LogP contribution is 2.35. The lowest BCUT2D eigenvalue weighted by Gasteiger charge is -2.21. The molecular weight excluding hydrogens is 727 g/mol.